The topological polar surface area (TPSA) is 114 Å². The fourth-order valence-electron chi connectivity index (χ4n) is 3.17. The first-order valence-electron chi connectivity index (χ1n) is 8.33. The molecule has 2 bridgehead atoms. The number of hydrogen-bond acceptors (Lipinski definition) is 6. The fourth-order valence-corrected chi connectivity index (χ4v) is 10.8. The first kappa shape index (κ1) is 29.3. The molecule has 3 aliphatic heterocycles. The van der Waals surface area contributed by atoms with E-state index in [1.54, 1.807) is 56.2 Å². The van der Waals surface area contributed by atoms with Crippen molar-refractivity contribution >= 4 is 34.8 Å². The van der Waals surface area contributed by atoms with E-state index in [2.05, 4.69) is 13.3 Å². The molecule has 3 aliphatic rings. The highest BCUT2D eigenvalue weighted by molar-refractivity contribution is 7.86. The molecule has 16 heteroatoms. The zero-order valence-corrected chi connectivity index (χ0v) is 19.2. The van der Waals surface area contributed by atoms with Crippen LogP contribution in [0.1, 0.15) is 19.3 Å². The summed E-state index contributed by atoms with van der Waals surface area (Å²) in [6.07, 6.45) is 14.6. The number of fused-ring (bicyclic) bond motifs is 6. The number of rotatable bonds is 0. The SMILES string of the molecule is C[P+]12CCC[P+](C)(CCC1)CCC2.O=S(=O)([O-])C(F)(F)F.O=S(=O)([O-])C(F)(F)F. The molecule has 0 amide bonds. The average molecular weight is 516 g/mol. The summed E-state index contributed by atoms with van der Waals surface area (Å²) in [4.78, 5) is 0. The summed E-state index contributed by atoms with van der Waals surface area (Å²) in [5.41, 5.74) is -11.3. The molecule has 3 fully saturated rings. The third kappa shape index (κ3) is 10.9. The van der Waals surface area contributed by atoms with Crippen molar-refractivity contribution in [1.82, 2.24) is 0 Å². The van der Waals surface area contributed by atoms with Gasteiger partial charge in [0.05, 0.1) is 37.0 Å². The standard InChI is InChI=1S/C11H24P2.2CHF3O3S/c1-12-6-3-9-13(2,10-4-7-12)11-5-8-12;2*2-1(3,4)8(5,6)7/h3-11H2,1-2H3;2*(H,5,6,7)/q+2;;/p-2. The van der Waals surface area contributed by atoms with E-state index in [4.69, 9.17) is 25.9 Å². The maximum absolute atomic E-state index is 10.7. The summed E-state index contributed by atoms with van der Waals surface area (Å²) >= 11 is 0. The van der Waals surface area contributed by atoms with Crippen LogP contribution in [0, 0.1) is 0 Å². The quantitative estimate of drug-likeness (QED) is 0.211. The number of halogens is 6. The number of hydrogen-bond donors (Lipinski definition) is 0. The van der Waals surface area contributed by atoms with Gasteiger partial charge in [0.1, 0.15) is 0 Å². The average Bonchev–Trinajstić information content (AvgIpc) is 2.40. The van der Waals surface area contributed by atoms with E-state index in [9.17, 15) is 26.3 Å². The summed E-state index contributed by atoms with van der Waals surface area (Å²) in [7, 11) is -13.0. The van der Waals surface area contributed by atoms with Crippen LogP contribution in [-0.4, -0.2) is 87.3 Å². The maximum Gasteiger partial charge on any atom is 0.485 e. The van der Waals surface area contributed by atoms with Crippen LogP contribution in [0.2, 0.25) is 0 Å². The Kier molecular flexibility index (Phi) is 10.3. The second-order valence-electron chi connectivity index (χ2n) is 7.44. The monoisotopic (exact) mass is 516 g/mol. The van der Waals surface area contributed by atoms with E-state index in [0.717, 1.165) is 0 Å². The summed E-state index contributed by atoms with van der Waals surface area (Å²) in [5.74, 6) is 0. The second-order valence-corrected chi connectivity index (χ2v) is 19.3. The second kappa shape index (κ2) is 10.3. The van der Waals surface area contributed by atoms with Gasteiger partial charge in [0.25, 0.3) is 0 Å². The third-order valence-corrected chi connectivity index (χ3v) is 14.3. The lowest BCUT2D eigenvalue weighted by atomic mass is 10.5. The van der Waals surface area contributed by atoms with Gasteiger partial charge in [-0.3, -0.25) is 0 Å². The molecule has 3 heterocycles. The van der Waals surface area contributed by atoms with Crippen LogP contribution in [-0.2, 0) is 20.2 Å². The van der Waals surface area contributed by atoms with Crippen molar-refractivity contribution in [3.63, 3.8) is 0 Å². The van der Waals surface area contributed by atoms with Crippen LogP contribution < -0.4 is 0 Å². The molecule has 0 aromatic rings. The van der Waals surface area contributed by atoms with E-state index in [-0.39, 0.29) is 0 Å². The van der Waals surface area contributed by atoms with E-state index in [1.807, 2.05) is 0 Å². The van der Waals surface area contributed by atoms with Gasteiger partial charge < -0.3 is 9.11 Å². The molecule has 176 valence electrons. The predicted molar refractivity (Wildman–Crippen MR) is 100 cm³/mol. The van der Waals surface area contributed by atoms with Gasteiger partial charge in [0.15, 0.2) is 20.2 Å². The molecular formula is C13H24F6O6P2S2. The van der Waals surface area contributed by atoms with Crippen molar-refractivity contribution in [2.45, 2.75) is 30.3 Å². The zero-order valence-electron chi connectivity index (χ0n) is 15.8. The Balaban J connectivity index is 0.000000432. The smallest absolute Gasteiger partial charge is 0.485 e. The van der Waals surface area contributed by atoms with Crippen LogP contribution in [0.3, 0.4) is 0 Å². The van der Waals surface area contributed by atoms with Crippen molar-refractivity contribution in [2.24, 2.45) is 0 Å². The minimum Gasteiger partial charge on any atom is -0.741 e. The van der Waals surface area contributed by atoms with Crippen LogP contribution >= 0.6 is 14.5 Å². The Hall–Kier alpha value is 0.260. The predicted octanol–water partition coefficient (Wildman–Crippen LogP) is 3.58. The molecule has 6 nitrogen and oxygen atoms in total. The van der Waals surface area contributed by atoms with Gasteiger partial charge >= 0.3 is 11.0 Å². The van der Waals surface area contributed by atoms with Crippen LogP contribution in [0.15, 0.2) is 0 Å². The van der Waals surface area contributed by atoms with Gasteiger partial charge in [-0.25, -0.2) is 16.8 Å². The largest absolute Gasteiger partial charge is 0.741 e. The van der Waals surface area contributed by atoms with E-state index < -0.39 is 45.8 Å². The molecule has 3 rings (SSSR count). The van der Waals surface area contributed by atoms with Gasteiger partial charge in [0, 0.05) is 47.1 Å². The molecule has 3 saturated heterocycles. The first-order chi connectivity index (χ1) is 12.6. The molecular weight excluding hydrogens is 492 g/mol. The molecule has 29 heavy (non-hydrogen) atoms. The van der Waals surface area contributed by atoms with Gasteiger partial charge in [-0.2, -0.15) is 26.3 Å². The molecule has 0 aromatic carbocycles. The lowest BCUT2D eigenvalue weighted by Gasteiger charge is -2.34. The highest BCUT2D eigenvalue weighted by Crippen LogP contribution is 2.67. The Morgan fingerprint density at radius 1 is 0.586 bits per heavy atom. The van der Waals surface area contributed by atoms with Crippen molar-refractivity contribution in [1.29, 1.82) is 0 Å². The van der Waals surface area contributed by atoms with Crippen LogP contribution in [0.4, 0.5) is 26.3 Å². The van der Waals surface area contributed by atoms with Crippen molar-refractivity contribution in [2.75, 3.05) is 50.3 Å². The maximum atomic E-state index is 10.7. The van der Waals surface area contributed by atoms with Crippen molar-refractivity contribution in [3.05, 3.63) is 0 Å². The molecule has 0 aliphatic carbocycles. The summed E-state index contributed by atoms with van der Waals surface area (Å²) in [6, 6.07) is 0. The molecule has 0 atom stereocenters. The van der Waals surface area contributed by atoms with Gasteiger partial charge in [-0.1, -0.05) is 0 Å². The first-order valence-corrected chi connectivity index (χ1v) is 16.7. The Morgan fingerprint density at radius 3 is 0.828 bits per heavy atom. The Morgan fingerprint density at radius 2 is 0.724 bits per heavy atom. The molecule has 0 N–H and O–H groups in total. The van der Waals surface area contributed by atoms with Crippen LogP contribution in [0.25, 0.3) is 0 Å². The highest BCUT2D eigenvalue weighted by atomic mass is 32.2. The molecule has 0 radical (unpaired) electrons. The molecule has 0 aromatic heterocycles. The fraction of sp³-hybridized carbons (Fsp3) is 1.00. The minimum atomic E-state index is -6.09. The van der Waals surface area contributed by atoms with Crippen molar-refractivity contribution in [3.8, 4) is 0 Å². The normalized spacial score (nSPS) is 28.6. The van der Waals surface area contributed by atoms with Crippen molar-refractivity contribution < 1.29 is 52.3 Å². The Bertz CT molecular complexity index is 647. The molecule has 0 unspecified atom stereocenters. The zero-order chi connectivity index (χ0) is 23.4. The van der Waals surface area contributed by atoms with E-state index in [1.165, 1.54) is 0 Å². The van der Waals surface area contributed by atoms with E-state index in [0.29, 0.717) is 0 Å². The Labute approximate surface area is 168 Å². The lowest BCUT2D eigenvalue weighted by Crippen LogP contribution is -2.21. The minimum absolute atomic E-state index is 0.409. The van der Waals surface area contributed by atoms with Gasteiger partial charge in [-0.15, -0.1) is 0 Å². The summed E-state index contributed by atoms with van der Waals surface area (Å²) in [5, 5.41) is 0. The van der Waals surface area contributed by atoms with Crippen LogP contribution in [0.5, 0.6) is 0 Å². The van der Waals surface area contributed by atoms with Gasteiger partial charge in [0.2, 0.25) is 0 Å². The summed E-state index contributed by atoms with van der Waals surface area (Å²) in [6.45, 7) is 5.30. The van der Waals surface area contributed by atoms with E-state index >= 15 is 0 Å². The molecule has 0 saturated carbocycles. The third-order valence-electron chi connectivity index (χ3n) is 4.75. The number of alkyl halides is 6. The summed E-state index contributed by atoms with van der Waals surface area (Å²) < 4.78 is 118. The molecule has 0 spiro atoms. The highest BCUT2D eigenvalue weighted by Gasteiger charge is 2.42. The van der Waals surface area contributed by atoms with Gasteiger partial charge in [-0.05, 0) is 0 Å². The lowest BCUT2D eigenvalue weighted by molar-refractivity contribution is -0.0522.